The fourth-order valence-electron chi connectivity index (χ4n) is 1.80. The standard InChI is InChI=1S/C14H13ClFNOS2/c1-8(2)7-17-13(18)12(20-14(17)19)6-9-10(15)4-3-5-11(9)16/h3-6,8H,7H2,1-2H3/b12-6+. The van der Waals surface area contributed by atoms with Crippen molar-refractivity contribution in [2.45, 2.75) is 13.8 Å². The lowest BCUT2D eigenvalue weighted by Crippen LogP contribution is -2.31. The van der Waals surface area contributed by atoms with Gasteiger partial charge in [-0.15, -0.1) is 0 Å². The molecular weight excluding hydrogens is 317 g/mol. The predicted octanol–water partition coefficient (Wildman–Crippen LogP) is 4.34. The molecule has 0 N–H and O–H groups in total. The second-order valence-electron chi connectivity index (χ2n) is 4.82. The van der Waals surface area contributed by atoms with Gasteiger partial charge in [0.2, 0.25) is 0 Å². The van der Waals surface area contributed by atoms with Gasteiger partial charge in [-0.25, -0.2) is 4.39 Å². The average molecular weight is 330 g/mol. The molecule has 1 aromatic carbocycles. The Morgan fingerprint density at radius 3 is 2.80 bits per heavy atom. The number of hydrogen-bond donors (Lipinski definition) is 0. The Bertz CT molecular complexity index is 581. The molecule has 2 rings (SSSR count). The van der Waals surface area contributed by atoms with Crippen LogP contribution in [0.25, 0.3) is 6.08 Å². The van der Waals surface area contributed by atoms with Gasteiger partial charge in [-0.05, 0) is 24.1 Å². The molecule has 0 unspecified atom stereocenters. The molecule has 2 nitrogen and oxygen atoms in total. The Morgan fingerprint density at radius 1 is 1.50 bits per heavy atom. The van der Waals surface area contributed by atoms with Crippen molar-refractivity contribution >= 4 is 51.9 Å². The average Bonchev–Trinajstić information content (AvgIpc) is 2.61. The van der Waals surface area contributed by atoms with Crippen LogP contribution in [0, 0.1) is 11.7 Å². The summed E-state index contributed by atoms with van der Waals surface area (Å²) < 4.78 is 14.2. The normalized spacial score (nSPS) is 17.6. The summed E-state index contributed by atoms with van der Waals surface area (Å²) in [7, 11) is 0. The van der Waals surface area contributed by atoms with Gasteiger partial charge in [0, 0.05) is 12.1 Å². The minimum absolute atomic E-state index is 0.187. The fraction of sp³-hybridized carbons (Fsp3) is 0.286. The largest absolute Gasteiger partial charge is 0.293 e. The molecule has 1 heterocycles. The van der Waals surface area contributed by atoms with Gasteiger partial charge in [-0.3, -0.25) is 9.69 Å². The molecule has 1 fully saturated rings. The molecule has 0 aliphatic carbocycles. The van der Waals surface area contributed by atoms with Gasteiger partial charge in [0.15, 0.2) is 0 Å². The Kier molecular flexibility index (Phi) is 4.83. The second kappa shape index (κ2) is 6.24. The Hall–Kier alpha value is -0.910. The van der Waals surface area contributed by atoms with Crippen molar-refractivity contribution in [1.29, 1.82) is 0 Å². The third kappa shape index (κ3) is 3.22. The van der Waals surface area contributed by atoms with Crippen LogP contribution in [0.2, 0.25) is 5.02 Å². The molecule has 0 atom stereocenters. The second-order valence-corrected chi connectivity index (χ2v) is 6.90. The number of rotatable bonds is 3. The number of amides is 1. The minimum atomic E-state index is -0.452. The molecule has 0 radical (unpaired) electrons. The number of hydrogen-bond acceptors (Lipinski definition) is 3. The fourth-order valence-corrected chi connectivity index (χ4v) is 3.28. The van der Waals surface area contributed by atoms with E-state index in [-0.39, 0.29) is 16.5 Å². The molecule has 0 spiro atoms. The van der Waals surface area contributed by atoms with E-state index >= 15 is 0 Å². The summed E-state index contributed by atoms with van der Waals surface area (Å²) in [5.41, 5.74) is 0.221. The first-order valence-corrected chi connectivity index (χ1v) is 7.69. The molecule has 1 aliphatic rings. The number of halogens is 2. The van der Waals surface area contributed by atoms with Crippen molar-refractivity contribution in [3.63, 3.8) is 0 Å². The Morgan fingerprint density at radius 2 is 2.20 bits per heavy atom. The first-order chi connectivity index (χ1) is 9.40. The lowest BCUT2D eigenvalue weighted by Gasteiger charge is -2.16. The number of thiocarbonyl (C=S) groups is 1. The molecule has 0 saturated carbocycles. The molecule has 106 valence electrons. The third-order valence-electron chi connectivity index (χ3n) is 2.70. The van der Waals surface area contributed by atoms with Crippen molar-refractivity contribution in [3.05, 3.63) is 39.5 Å². The highest BCUT2D eigenvalue weighted by Gasteiger charge is 2.32. The summed E-state index contributed by atoms with van der Waals surface area (Å²) in [6.07, 6.45) is 1.47. The van der Waals surface area contributed by atoms with Gasteiger partial charge in [0.05, 0.1) is 9.93 Å². The smallest absolute Gasteiger partial charge is 0.266 e. The van der Waals surface area contributed by atoms with Crippen LogP contribution in [0.15, 0.2) is 23.1 Å². The van der Waals surface area contributed by atoms with Gasteiger partial charge in [0.25, 0.3) is 5.91 Å². The summed E-state index contributed by atoms with van der Waals surface area (Å²) >= 11 is 12.3. The summed E-state index contributed by atoms with van der Waals surface area (Å²) in [6, 6.07) is 4.43. The van der Waals surface area contributed by atoms with Crippen LogP contribution in [0.1, 0.15) is 19.4 Å². The highest BCUT2D eigenvalue weighted by atomic mass is 35.5. The molecule has 6 heteroatoms. The molecular formula is C14H13ClFNOS2. The Balaban J connectivity index is 2.33. The highest BCUT2D eigenvalue weighted by Crippen LogP contribution is 2.34. The van der Waals surface area contributed by atoms with Crippen molar-refractivity contribution in [2.24, 2.45) is 5.92 Å². The van der Waals surface area contributed by atoms with Gasteiger partial charge >= 0.3 is 0 Å². The van der Waals surface area contributed by atoms with E-state index in [1.807, 2.05) is 13.8 Å². The SMILES string of the molecule is CC(C)CN1C(=O)/C(=C\c2c(F)cccc2Cl)SC1=S. The summed E-state index contributed by atoms with van der Waals surface area (Å²) in [4.78, 5) is 14.2. The number of carbonyl (C=O) groups is 1. The van der Waals surface area contributed by atoms with E-state index in [1.54, 1.807) is 11.0 Å². The zero-order chi connectivity index (χ0) is 14.9. The maximum Gasteiger partial charge on any atom is 0.266 e. The van der Waals surface area contributed by atoms with Crippen LogP contribution < -0.4 is 0 Å². The van der Waals surface area contributed by atoms with Crippen LogP contribution in [0.3, 0.4) is 0 Å². The van der Waals surface area contributed by atoms with Crippen molar-refractivity contribution in [2.75, 3.05) is 6.54 Å². The molecule has 20 heavy (non-hydrogen) atoms. The zero-order valence-electron chi connectivity index (χ0n) is 11.0. The van der Waals surface area contributed by atoms with Crippen molar-refractivity contribution in [1.82, 2.24) is 4.90 Å². The van der Waals surface area contributed by atoms with Crippen LogP contribution in [0.5, 0.6) is 0 Å². The monoisotopic (exact) mass is 329 g/mol. The van der Waals surface area contributed by atoms with Crippen LogP contribution in [-0.4, -0.2) is 21.7 Å². The van der Waals surface area contributed by atoms with Crippen LogP contribution in [-0.2, 0) is 4.79 Å². The number of thioether (sulfide) groups is 1. The van der Waals surface area contributed by atoms with E-state index < -0.39 is 5.82 Å². The van der Waals surface area contributed by atoms with E-state index in [2.05, 4.69) is 0 Å². The van der Waals surface area contributed by atoms with Crippen molar-refractivity contribution < 1.29 is 9.18 Å². The Labute approximate surface area is 132 Å². The summed E-state index contributed by atoms with van der Waals surface area (Å²) in [5.74, 6) is -0.325. The number of carbonyl (C=O) groups excluding carboxylic acids is 1. The van der Waals surface area contributed by atoms with E-state index in [1.165, 1.54) is 30.0 Å². The maximum atomic E-state index is 13.7. The van der Waals surface area contributed by atoms with Gasteiger partial charge in [0.1, 0.15) is 10.1 Å². The summed E-state index contributed by atoms with van der Waals surface area (Å²) in [5, 5.41) is 0.277. The quantitative estimate of drug-likeness (QED) is 0.608. The highest BCUT2D eigenvalue weighted by molar-refractivity contribution is 8.26. The van der Waals surface area contributed by atoms with Gasteiger partial charge < -0.3 is 0 Å². The molecule has 0 bridgehead atoms. The molecule has 1 aromatic rings. The zero-order valence-corrected chi connectivity index (χ0v) is 13.4. The van der Waals surface area contributed by atoms with E-state index in [0.29, 0.717) is 21.7 Å². The van der Waals surface area contributed by atoms with E-state index in [9.17, 15) is 9.18 Å². The number of nitrogens with zero attached hydrogens (tertiary/aromatic N) is 1. The van der Waals surface area contributed by atoms with E-state index in [0.717, 1.165) is 0 Å². The lowest BCUT2D eigenvalue weighted by atomic mass is 10.2. The third-order valence-corrected chi connectivity index (χ3v) is 4.40. The maximum absolute atomic E-state index is 13.7. The van der Waals surface area contributed by atoms with E-state index in [4.69, 9.17) is 23.8 Å². The molecule has 1 amide bonds. The molecule has 1 saturated heterocycles. The first kappa shape index (κ1) is 15.5. The topological polar surface area (TPSA) is 20.3 Å². The lowest BCUT2D eigenvalue weighted by molar-refractivity contribution is -0.122. The predicted molar refractivity (Wildman–Crippen MR) is 86.1 cm³/mol. The van der Waals surface area contributed by atoms with Crippen LogP contribution in [0.4, 0.5) is 4.39 Å². The first-order valence-electron chi connectivity index (χ1n) is 6.09. The molecule has 1 aliphatic heterocycles. The molecule has 0 aromatic heterocycles. The van der Waals surface area contributed by atoms with Crippen LogP contribution >= 0.6 is 35.6 Å². The van der Waals surface area contributed by atoms with Gasteiger partial charge in [-0.1, -0.05) is 55.5 Å². The number of benzene rings is 1. The van der Waals surface area contributed by atoms with Crippen molar-refractivity contribution in [3.8, 4) is 0 Å². The van der Waals surface area contributed by atoms with Gasteiger partial charge in [-0.2, -0.15) is 0 Å². The summed E-state index contributed by atoms with van der Waals surface area (Å²) in [6.45, 7) is 4.58. The minimum Gasteiger partial charge on any atom is -0.293 e.